The van der Waals surface area contributed by atoms with Crippen LogP contribution >= 0.6 is 0 Å². The number of likely N-dealkylation sites (N-methyl/N-ethyl adjacent to an activating group) is 1. The minimum absolute atomic E-state index is 0.0315. The van der Waals surface area contributed by atoms with Crippen LogP contribution in [-0.2, 0) is 4.74 Å². The van der Waals surface area contributed by atoms with E-state index in [1.54, 1.807) is 13.2 Å². The van der Waals surface area contributed by atoms with Gasteiger partial charge in [0.1, 0.15) is 11.6 Å². The molecule has 1 aromatic carbocycles. The minimum atomic E-state index is -0.248. The van der Waals surface area contributed by atoms with Crippen molar-refractivity contribution in [3.8, 4) is 5.75 Å². The van der Waals surface area contributed by atoms with E-state index in [2.05, 4.69) is 5.32 Å². The first kappa shape index (κ1) is 13.3. The van der Waals surface area contributed by atoms with Crippen LogP contribution < -0.4 is 10.1 Å². The quantitative estimate of drug-likeness (QED) is 0.895. The van der Waals surface area contributed by atoms with Crippen molar-refractivity contribution in [1.82, 2.24) is 5.32 Å². The fraction of sp³-hybridized carbons (Fsp3) is 0.571. The van der Waals surface area contributed by atoms with Crippen molar-refractivity contribution in [2.75, 3.05) is 20.8 Å². The number of rotatable bonds is 4. The number of hydrogen-bond donors (Lipinski definition) is 1. The van der Waals surface area contributed by atoms with Crippen molar-refractivity contribution >= 4 is 0 Å². The number of hydrogen-bond acceptors (Lipinski definition) is 3. The molecule has 1 saturated heterocycles. The summed E-state index contributed by atoms with van der Waals surface area (Å²) in [4.78, 5) is 0. The zero-order valence-electron chi connectivity index (χ0n) is 10.9. The van der Waals surface area contributed by atoms with Gasteiger partial charge >= 0.3 is 0 Å². The van der Waals surface area contributed by atoms with E-state index >= 15 is 0 Å². The molecule has 0 aromatic heterocycles. The molecule has 2 rings (SSSR count). The van der Waals surface area contributed by atoms with Crippen molar-refractivity contribution < 1.29 is 13.9 Å². The lowest BCUT2D eigenvalue weighted by atomic mass is 9.95. The maximum atomic E-state index is 13.4. The first-order valence-electron chi connectivity index (χ1n) is 6.38. The van der Waals surface area contributed by atoms with Gasteiger partial charge in [0.25, 0.3) is 0 Å². The third-order valence-electron chi connectivity index (χ3n) is 3.42. The second-order valence-electron chi connectivity index (χ2n) is 4.56. The number of halogens is 1. The molecule has 0 radical (unpaired) electrons. The molecule has 1 heterocycles. The van der Waals surface area contributed by atoms with Gasteiger partial charge in [0.15, 0.2) is 0 Å². The van der Waals surface area contributed by atoms with Crippen LogP contribution in [0.3, 0.4) is 0 Å². The van der Waals surface area contributed by atoms with E-state index in [1.165, 1.54) is 12.1 Å². The fourth-order valence-electron chi connectivity index (χ4n) is 2.52. The Balaban J connectivity index is 2.27. The molecule has 1 N–H and O–H groups in total. The SMILES string of the molecule is CNC(c1cc(F)ccc1OC)C1CCCCO1. The molecule has 18 heavy (non-hydrogen) atoms. The van der Waals surface area contributed by atoms with E-state index in [-0.39, 0.29) is 18.0 Å². The van der Waals surface area contributed by atoms with Gasteiger partial charge in [-0.3, -0.25) is 0 Å². The first-order chi connectivity index (χ1) is 8.76. The third kappa shape index (κ3) is 2.82. The van der Waals surface area contributed by atoms with E-state index < -0.39 is 0 Å². The highest BCUT2D eigenvalue weighted by Gasteiger charge is 2.27. The molecule has 2 atom stereocenters. The average Bonchev–Trinajstić information content (AvgIpc) is 2.41. The lowest BCUT2D eigenvalue weighted by molar-refractivity contribution is -0.00710. The Kier molecular flexibility index (Phi) is 4.55. The molecular formula is C14H20FNO2. The Bertz CT molecular complexity index is 391. The van der Waals surface area contributed by atoms with Gasteiger partial charge in [0.2, 0.25) is 0 Å². The van der Waals surface area contributed by atoms with Gasteiger partial charge in [-0.1, -0.05) is 0 Å². The first-order valence-corrected chi connectivity index (χ1v) is 6.38. The highest BCUT2D eigenvalue weighted by Crippen LogP contribution is 2.32. The predicted octanol–water partition coefficient (Wildman–Crippen LogP) is 2.66. The predicted molar refractivity (Wildman–Crippen MR) is 68.3 cm³/mol. The van der Waals surface area contributed by atoms with Gasteiger partial charge < -0.3 is 14.8 Å². The van der Waals surface area contributed by atoms with Gasteiger partial charge in [-0.2, -0.15) is 0 Å². The summed E-state index contributed by atoms with van der Waals surface area (Å²) in [5.41, 5.74) is 0.826. The molecule has 100 valence electrons. The molecule has 0 spiro atoms. The maximum Gasteiger partial charge on any atom is 0.123 e. The number of methoxy groups -OCH3 is 1. The lowest BCUT2D eigenvalue weighted by Gasteiger charge is -2.31. The Labute approximate surface area is 107 Å². The Morgan fingerprint density at radius 3 is 2.89 bits per heavy atom. The van der Waals surface area contributed by atoms with Crippen LogP contribution in [0.15, 0.2) is 18.2 Å². The molecule has 1 aliphatic rings. The largest absolute Gasteiger partial charge is 0.496 e. The molecular weight excluding hydrogens is 233 g/mol. The van der Waals surface area contributed by atoms with Crippen molar-refractivity contribution in [2.45, 2.75) is 31.4 Å². The third-order valence-corrected chi connectivity index (χ3v) is 3.42. The summed E-state index contributed by atoms with van der Waals surface area (Å²) >= 11 is 0. The Morgan fingerprint density at radius 2 is 2.28 bits per heavy atom. The normalized spacial score (nSPS) is 21.6. The van der Waals surface area contributed by atoms with Gasteiger partial charge in [-0.05, 0) is 44.5 Å². The summed E-state index contributed by atoms with van der Waals surface area (Å²) < 4.78 is 24.5. The molecule has 1 fully saturated rings. The summed E-state index contributed by atoms with van der Waals surface area (Å²) in [7, 11) is 3.47. The van der Waals surface area contributed by atoms with Crippen molar-refractivity contribution in [2.24, 2.45) is 0 Å². The number of benzene rings is 1. The van der Waals surface area contributed by atoms with Gasteiger partial charge in [0, 0.05) is 12.2 Å². The maximum absolute atomic E-state index is 13.4. The molecule has 4 heteroatoms. The molecule has 0 amide bonds. The second-order valence-corrected chi connectivity index (χ2v) is 4.56. The van der Waals surface area contributed by atoms with E-state index in [0.29, 0.717) is 5.75 Å². The van der Waals surface area contributed by atoms with Crippen molar-refractivity contribution in [3.05, 3.63) is 29.6 Å². The zero-order chi connectivity index (χ0) is 13.0. The van der Waals surface area contributed by atoms with Crippen LogP contribution in [0.1, 0.15) is 30.9 Å². The van der Waals surface area contributed by atoms with Gasteiger partial charge in [0.05, 0.1) is 19.3 Å². The summed E-state index contributed by atoms with van der Waals surface area (Å²) in [5, 5.41) is 3.22. The number of nitrogens with one attached hydrogen (secondary N) is 1. The number of ether oxygens (including phenoxy) is 2. The van der Waals surface area contributed by atoms with Crippen LogP contribution in [0.5, 0.6) is 5.75 Å². The smallest absolute Gasteiger partial charge is 0.123 e. The van der Waals surface area contributed by atoms with Gasteiger partial charge in [-0.25, -0.2) is 4.39 Å². The highest BCUT2D eigenvalue weighted by atomic mass is 19.1. The van der Waals surface area contributed by atoms with Crippen LogP contribution in [0.25, 0.3) is 0 Å². The Morgan fingerprint density at radius 1 is 1.44 bits per heavy atom. The molecule has 0 aliphatic carbocycles. The van der Waals surface area contributed by atoms with Crippen LogP contribution in [0, 0.1) is 5.82 Å². The van der Waals surface area contributed by atoms with Crippen molar-refractivity contribution in [1.29, 1.82) is 0 Å². The zero-order valence-corrected chi connectivity index (χ0v) is 10.9. The van der Waals surface area contributed by atoms with E-state index in [9.17, 15) is 4.39 Å². The summed E-state index contributed by atoms with van der Waals surface area (Å²) in [5.74, 6) is 0.451. The van der Waals surface area contributed by atoms with Crippen LogP contribution in [0.2, 0.25) is 0 Å². The molecule has 1 aliphatic heterocycles. The molecule has 3 nitrogen and oxygen atoms in total. The highest BCUT2D eigenvalue weighted by molar-refractivity contribution is 5.37. The molecule has 1 aromatic rings. The fourth-order valence-corrected chi connectivity index (χ4v) is 2.52. The van der Waals surface area contributed by atoms with Crippen LogP contribution in [0.4, 0.5) is 4.39 Å². The monoisotopic (exact) mass is 253 g/mol. The molecule has 0 bridgehead atoms. The van der Waals surface area contributed by atoms with E-state index in [1.807, 2.05) is 7.05 Å². The van der Waals surface area contributed by atoms with E-state index in [0.717, 1.165) is 31.4 Å². The summed E-state index contributed by atoms with van der Waals surface area (Å²) in [6.07, 6.45) is 3.33. The lowest BCUT2D eigenvalue weighted by Crippen LogP contribution is -2.34. The van der Waals surface area contributed by atoms with E-state index in [4.69, 9.17) is 9.47 Å². The topological polar surface area (TPSA) is 30.5 Å². The average molecular weight is 253 g/mol. The molecule has 2 unspecified atom stereocenters. The van der Waals surface area contributed by atoms with Crippen molar-refractivity contribution in [3.63, 3.8) is 0 Å². The standard InChI is InChI=1S/C14H20FNO2/c1-16-14(13-5-3-4-8-18-13)11-9-10(15)6-7-12(11)17-2/h6-7,9,13-14,16H,3-5,8H2,1-2H3. The minimum Gasteiger partial charge on any atom is -0.496 e. The summed E-state index contributed by atoms with van der Waals surface area (Å²) in [6.45, 7) is 0.778. The van der Waals surface area contributed by atoms with Crippen LogP contribution in [-0.4, -0.2) is 26.9 Å². The Hall–Kier alpha value is -1.13. The summed E-state index contributed by atoms with van der Waals surface area (Å²) in [6, 6.07) is 4.57. The second kappa shape index (κ2) is 6.16. The van der Waals surface area contributed by atoms with Gasteiger partial charge in [-0.15, -0.1) is 0 Å². The molecule has 0 saturated carbocycles.